The molecule has 0 spiro atoms. The number of carbonyl (C=O) groups excluding carboxylic acids is 1. The number of amides is 1. The average molecular weight is 305 g/mol. The van der Waals surface area contributed by atoms with Gasteiger partial charge >= 0.3 is 0 Å². The maximum absolute atomic E-state index is 12.6. The highest BCUT2D eigenvalue weighted by Gasteiger charge is 2.26. The Bertz CT molecular complexity index is 639. The zero-order valence-corrected chi connectivity index (χ0v) is 13.2. The highest BCUT2D eigenvalue weighted by Crippen LogP contribution is 2.25. The van der Waals surface area contributed by atoms with Gasteiger partial charge in [-0.1, -0.05) is 0 Å². The van der Waals surface area contributed by atoms with E-state index in [-0.39, 0.29) is 5.91 Å². The number of hydrogen-bond acceptors (Lipinski definition) is 5. The molecule has 0 bridgehead atoms. The van der Waals surface area contributed by atoms with Crippen molar-refractivity contribution in [2.75, 3.05) is 13.1 Å². The van der Waals surface area contributed by atoms with Crippen LogP contribution in [0.3, 0.4) is 0 Å². The lowest BCUT2D eigenvalue weighted by Gasteiger charge is -2.35. The van der Waals surface area contributed by atoms with E-state index in [0.717, 1.165) is 23.7 Å². The summed E-state index contributed by atoms with van der Waals surface area (Å²) < 4.78 is 1.73. The topological polar surface area (TPSA) is 63.1 Å². The Morgan fingerprint density at radius 2 is 2.05 bits per heavy atom. The van der Waals surface area contributed by atoms with Crippen LogP contribution in [0.5, 0.6) is 0 Å². The third-order valence-electron chi connectivity index (χ3n) is 3.51. The highest BCUT2D eigenvalue weighted by molar-refractivity contribution is 7.16. The van der Waals surface area contributed by atoms with Crippen molar-refractivity contribution in [3.8, 4) is 10.6 Å². The molecule has 3 rings (SSSR count). The summed E-state index contributed by atoms with van der Waals surface area (Å²) in [7, 11) is 1.87. The monoisotopic (exact) mass is 305 g/mol. The average Bonchev–Trinajstić information content (AvgIpc) is 3.05. The summed E-state index contributed by atoms with van der Waals surface area (Å²) in [5.41, 5.74) is 0.948. The van der Waals surface area contributed by atoms with Crippen LogP contribution < -0.4 is 5.32 Å². The zero-order valence-electron chi connectivity index (χ0n) is 12.4. The fourth-order valence-corrected chi connectivity index (χ4v) is 3.55. The molecule has 1 fully saturated rings. The molecule has 0 saturated carbocycles. The molecule has 0 radical (unpaired) electrons. The lowest BCUT2D eigenvalue weighted by Crippen LogP contribution is -2.55. The predicted molar refractivity (Wildman–Crippen MR) is 82.3 cm³/mol. The molecule has 2 atom stereocenters. The van der Waals surface area contributed by atoms with Gasteiger partial charge in [-0.2, -0.15) is 5.10 Å². The molecular formula is C14H19N5OS. The molecule has 1 amide bonds. The number of aryl methyl sites for hydroxylation is 1. The lowest BCUT2D eigenvalue weighted by molar-refractivity contribution is 0.0678. The van der Waals surface area contributed by atoms with Crippen molar-refractivity contribution >= 4 is 17.2 Å². The van der Waals surface area contributed by atoms with E-state index in [1.807, 2.05) is 18.1 Å². The van der Waals surface area contributed by atoms with Gasteiger partial charge in [-0.15, -0.1) is 11.3 Å². The van der Waals surface area contributed by atoms with Crippen LogP contribution in [-0.4, -0.2) is 50.7 Å². The van der Waals surface area contributed by atoms with Gasteiger partial charge < -0.3 is 10.2 Å². The number of rotatable bonds is 2. The number of carbonyl (C=O) groups is 1. The molecule has 1 aliphatic heterocycles. The summed E-state index contributed by atoms with van der Waals surface area (Å²) in [5.74, 6) is 0.0721. The molecule has 0 unspecified atom stereocenters. The van der Waals surface area contributed by atoms with Gasteiger partial charge in [0, 0.05) is 44.0 Å². The Balaban J connectivity index is 1.78. The molecule has 6 nitrogen and oxygen atoms in total. The molecule has 112 valence electrons. The van der Waals surface area contributed by atoms with Crippen LogP contribution in [0.4, 0.5) is 0 Å². The normalized spacial score (nSPS) is 22.5. The van der Waals surface area contributed by atoms with Gasteiger partial charge in [-0.25, -0.2) is 4.98 Å². The van der Waals surface area contributed by atoms with Crippen molar-refractivity contribution in [2.45, 2.75) is 25.9 Å². The van der Waals surface area contributed by atoms with Crippen molar-refractivity contribution < 1.29 is 4.79 Å². The van der Waals surface area contributed by atoms with E-state index in [1.54, 1.807) is 17.1 Å². The first kappa shape index (κ1) is 14.2. The van der Waals surface area contributed by atoms with Crippen LogP contribution >= 0.6 is 11.3 Å². The Morgan fingerprint density at radius 3 is 2.67 bits per heavy atom. The highest BCUT2D eigenvalue weighted by atomic mass is 32.1. The fourth-order valence-electron chi connectivity index (χ4n) is 2.69. The third-order valence-corrected chi connectivity index (χ3v) is 4.55. The van der Waals surface area contributed by atoms with E-state index in [1.165, 1.54) is 11.3 Å². The molecular weight excluding hydrogens is 286 g/mol. The summed E-state index contributed by atoms with van der Waals surface area (Å²) in [6.45, 7) is 5.68. The van der Waals surface area contributed by atoms with Crippen LogP contribution in [0.15, 0.2) is 18.6 Å². The summed E-state index contributed by atoms with van der Waals surface area (Å²) >= 11 is 1.43. The zero-order chi connectivity index (χ0) is 15.0. The first-order chi connectivity index (χ1) is 10.0. The quantitative estimate of drug-likeness (QED) is 0.910. The van der Waals surface area contributed by atoms with E-state index in [0.29, 0.717) is 17.0 Å². The number of piperazine rings is 1. The van der Waals surface area contributed by atoms with E-state index in [4.69, 9.17) is 0 Å². The summed E-state index contributed by atoms with van der Waals surface area (Å²) in [4.78, 5) is 19.5. The summed E-state index contributed by atoms with van der Waals surface area (Å²) in [5, 5.41) is 8.40. The summed E-state index contributed by atoms with van der Waals surface area (Å²) in [6.07, 6.45) is 5.34. The number of thiazole rings is 1. The molecule has 0 aromatic carbocycles. The molecule has 21 heavy (non-hydrogen) atoms. The van der Waals surface area contributed by atoms with Crippen LogP contribution in [0, 0.1) is 0 Å². The van der Waals surface area contributed by atoms with Gasteiger partial charge in [0.05, 0.1) is 12.4 Å². The second-order valence-corrected chi connectivity index (χ2v) is 6.64. The Morgan fingerprint density at radius 1 is 1.33 bits per heavy atom. The third kappa shape index (κ3) is 2.98. The molecule has 2 aromatic rings. The molecule has 2 aromatic heterocycles. The molecule has 1 saturated heterocycles. The van der Waals surface area contributed by atoms with E-state index >= 15 is 0 Å². The minimum Gasteiger partial charge on any atom is -0.335 e. The van der Waals surface area contributed by atoms with Crippen molar-refractivity contribution in [2.24, 2.45) is 7.05 Å². The first-order valence-corrected chi connectivity index (χ1v) is 7.84. The first-order valence-electron chi connectivity index (χ1n) is 7.03. The van der Waals surface area contributed by atoms with Gasteiger partial charge in [0.1, 0.15) is 9.88 Å². The largest absolute Gasteiger partial charge is 0.335 e. The van der Waals surface area contributed by atoms with Gasteiger partial charge in [0.2, 0.25) is 0 Å². The van der Waals surface area contributed by atoms with E-state index in [9.17, 15) is 4.79 Å². The molecule has 1 aliphatic rings. The van der Waals surface area contributed by atoms with Gasteiger partial charge in [-0.3, -0.25) is 9.48 Å². The van der Waals surface area contributed by atoms with Gasteiger partial charge in [-0.05, 0) is 13.8 Å². The number of aromatic nitrogens is 3. The van der Waals surface area contributed by atoms with Crippen LogP contribution in [-0.2, 0) is 7.05 Å². The smallest absolute Gasteiger partial charge is 0.265 e. The molecule has 0 aliphatic carbocycles. The maximum atomic E-state index is 12.6. The van der Waals surface area contributed by atoms with E-state index < -0.39 is 0 Å². The van der Waals surface area contributed by atoms with Crippen molar-refractivity contribution in [1.29, 1.82) is 0 Å². The van der Waals surface area contributed by atoms with Crippen molar-refractivity contribution in [1.82, 2.24) is 25.0 Å². The molecule has 1 N–H and O–H groups in total. The second-order valence-electron chi connectivity index (χ2n) is 5.61. The van der Waals surface area contributed by atoms with Crippen LogP contribution in [0.25, 0.3) is 10.6 Å². The van der Waals surface area contributed by atoms with Gasteiger partial charge in [0.15, 0.2) is 0 Å². The van der Waals surface area contributed by atoms with Crippen molar-refractivity contribution in [3.05, 3.63) is 23.5 Å². The van der Waals surface area contributed by atoms with Gasteiger partial charge in [0.25, 0.3) is 5.91 Å². The predicted octanol–water partition coefficient (Wildman–Crippen LogP) is 1.37. The van der Waals surface area contributed by atoms with Crippen LogP contribution in [0.2, 0.25) is 0 Å². The van der Waals surface area contributed by atoms with Crippen LogP contribution in [0.1, 0.15) is 23.5 Å². The Labute approximate surface area is 127 Å². The fraction of sp³-hybridized carbons (Fsp3) is 0.500. The molecule has 7 heteroatoms. The standard InChI is InChI=1S/C14H19N5OS/c1-9-6-19(7-10(2)17-9)14(20)12-5-15-13(21-12)11-4-16-18(3)8-11/h4-5,8-10,17H,6-7H2,1-3H3/t9-,10+. The van der Waals surface area contributed by atoms with E-state index in [2.05, 4.69) is 29.2 Å². The minimum absolute atomic E-state index is 0.0721. The minimum atomic E-state index is 0.0721. The number of nitrogens with one attached hydrogen (secondary N) is 1. The number of hydrogen-bond donors (Lipinski definition) is 1. The SMILES string of the molecule is C[C@@H]1CN(C(=O)c2cnc(-c3cnn(C)c3)s2)C[C@H](C)N1. The Kier molecular flexibility index (Phi) is 3.77. The van der Waals surface area contributed by atoms with Crippen molar-refractivity contribution in [3.63, 3.8) is 0 Å². The maximum Gasteiger partial charge on any atom is 0.265 e. The summed E-state index contributed by atoms with van der Waals surface area (Å²) in [6, 6.07) is 0.645. The molecule has 3 heterocycles. The lowest BCUT2D eigenvalue weighted by atomic mass is 10.1. The Hall–Kier alpha value is -1.73. The number of nitrogens with zero attached hydrogens (tertiary/aromatic N) is 4. The second kappa shape index (κ2) is 5.57.